The molecule has 1 aromatic heterocycles. The molecule has 0 aliphatic carbocycles. The highest BCUT2D eigenvalue weighted by Gasteiger charge is 2.05. The van der Waals surface area contributed by atoms with Gasteiger partial charge in [0.25, 0.3) is 0 Å². The van der Waals surface area contributed by atoms with Crippen LogP contribution in [0.4, 0.5) is 0 Å². The summed E-state index contributed by atoms with van der Waals surface area (Å²) in [5, 5.41) is 1.15. The van der Waals surface area contributed by atoms with E-state index in [1.165, 1.54) is 0 Å². The molecule has 0 saturated heterocycles. The lowest BCUT2D eigenvalue weighted by atomic mass is 10.0. The molecule has 0 bridgehead atoms. The zero-order valence-electron chi connectivity index (χ0n) is 12.0. The van der Waals surface area contributed by atoms with Crippen molar-refractivity contribution in [3.05, 3.63) is 60.8 Å². The van der Waals surface area contributed by atoms with Crippen LogP contribution in [0.3, 0.4) is 0 Å². The summed E-state index contributed by atoms with van der Waals surface area (Å²) in [6.45, 7) is 1.14. The van der Waals surface area contributed by atoms with E-state index >= 15 is 0 Å². The Bertz CT molecular complexity index is 735. The van der Waals surface area contributed by atoms with Crippen molar-refractivity contribution >= 4 is 10.9 Å². The molecule has 0 radical (unpaired) electrons. The van der Waals surface area contributed by atoms with Gasteiger partial charge in [-0.3, -0.25) is 4.98 Å². The highest BCUT2D eigenvalue weighted by atomic mass is 16.5. The Morgan fingerprint density at radius 2 is 1.86 bits per heavy atom. The molecule has 21 heavy (non-hydrogen) atoms. The van der Waals surface area contributed by atoms with Gasteiger partial charge in [0.05, 0.1) is 12.1 Å². The van der Waals surface area contributed by atoms with Gasteiger partial charge in [0.1, 0.15) is 12.4 Å². The molecular formula is C18H17NO2. The molecular weight excluding hydrogens is 262 g/mol. The second-order valence-electron chi connectivity index (χ2n) is 4.74. The van der Waals surface area contributed by atoms with Crippen molar-refractivity contribution in [1.29, 1.82) is 0 Å². The molecule has 1 heterocycles. The zero-order valence-corrected chi connectivity index (χ0v) is 12.0. The van der Waals surface area contributed by atoms with E-state index in [-0.39, 0.29) is 0 Å². The minimum Gasteiger partial charge on any atom is -0.491 e. The summed E-state index contributed by atoms with van der Waals surface area (Å²) >= 11 is 0. The molecule has 3 aromatic rings. The number of benzene rings is 2. The van der Waals surface area contributed by atoms with Crippen LogP contribution in [0.25, 0.3) is 22.0 Å². The fraction of sp³-hybridized carbons (Fsp3) is 0.167. The van der Waals surface area contributed by atoms with Crippen molar-refractivity contribution < 1.29 is 9.47 Å². The summed E-state index contributed by atoms with van der Waals surface area (Å²) < 4.78 is 10.7. The Morgan fingerprint density at radius 3 is 2.76 bits per heavy atom. The van der Waals surface area contributed by atoms with Gasteiger partial charge < -0.3 is 9.47 Å². The van der Waals surface area contributed by atoms with Crippen molar-refractivity contribution in [3.8, 4) is 16.9 Å². The van der Waals surface area contributed by atoms with E-state index in [0.29, 0.717) is 13.2 Å². The van der Waals surface area contributed by atoms with Gasteiger partial charge in [-0.15, -0.1) is 0 Å². The van der Waals surface area contributed by atoms with Gasteiger partial charge in [0.15, 0.2) is 0 Å². The standard InChI is InChI=1S/C18H17NO2/c1-20-11-12-21-15-6-4-5-14(13-15)16-9-10-19-18-8-3-2-7-17(16)18/h2-10,13H,11-12H2,1H3. The van der Waals surface area contributed by atoms with Gasteiger partial charge in [0.2, 0.25) is 0 Å². The zero-order chi connectivity index (χ0) is 14.5. The molecule has 0 atom stereocenters. The molecule has 3 rings (SSSR count). The number of pyridine rings is 1. The number of methoxy groups -OCH3 is 1. The number of fused-ring (bicyclic) bond motifs is 1. The number of para-hydroxylation sites is 1. The van der Waals surface area contributed by atoms with E-state index in [2.05, 4.69) is 23.2 Å². The van der Waals surface area contributed by atoms with E-state index in [1.807, 2.05) is 42.6 Å². The Balaban J connectivity index is 1.97. The van der Waals surface area contributed by atoms with E-state index < -0.39 is 0 Å². The molecule has 0 aliphatic rings. The quantitative estimate of drug-likeness (QED) is 0.663. The second-order valence-corrected chi connectivity index (χ2v) is 4.74. The number of ether oxygens (including phenoxy) is 2. The first-order valence-corrected chi connectivity index (χ1v) is 6.94. The first kappa shape index (κ1) is 13.6. The highest BCUT2D eigenvalue weighted by Crippen LogP contribution is 2.29. The van der Waals surface area contributed by atoms with Crippen LogP contribution in [-0.2, 0) is 4.74 Å². The first-order chi connectivity index (χ1) is 10.4. The van der Waals surface area contributed by atoms with Crippen LogP contribution in [0.15, 0.2) is 60.8 Å². The smallest absolute Gasteiger partial charge is 0.120 e. The third kappa shape index (κ3) is 3.03. The van der Waals surface area contributed by atoms with Crippen molar-refractivity contribution in [2.24, 2.45) is 0 Å². The molecule has 0 fully saturated rings. The summed E-state index contributed by atoms with van der Waals surface area (Å²) in [5.41, 5.74) is 3.29. The van der Waals surface area contributed by atoms with Gasteiger partial charge >= 0.3 is 0 Å². The third-order valence-corrected chi connectivity index (χ3v) is 3.35. The van der Waals surface area contributed by atoms with E-state index in [9.17, 15) is 0 Å². The maximum absolute atomic E-state index is 5.68. The average molecular weight is 279 g/mol. The van der Waals surface area contributed by atoms with Crippen LogP contribution >= 0.6 is 0 Å². The topological polar surface area (TPSA) is 31.4 Å². The lowest BCUT2D eigenvalue weighted by molar-refractivity contribution is 0.146. The van der Waals surface area contributed by atoms with Crippen LogP contribution in [0.2, 0.25) is 0 Å². The first-order valence-electron chi connectivity index (χ1n) is 6.94. The van der Waals surface area contributed by atoms with Crippen molar-refractivity contribution in [3.63, 3.8) is 0 Å². The average Bonchev–Trinajstić information content (AvgIpc) is 2.55. The van der Waals surface area contributed by atoms with Gasteiger partial charge in [-0.2, -0.15) is 0 Å². The number of aromatic nitrogens is 1. The van der Waals surface area contributed by atoms with E-state index in [1.54, 1.807) is 7.11 Å². The van der Waals surface area contributed by atoms with E-state index in [0.717, 1.165) is 27.8 Å². The van der Waals surface area contributed by atoms with Crippen molar-refractivity contribution in [2.45, 2.75) is 0 Å². The van der Waals surface area contributed by atoms with Gasteiger partial charge in [-0.05, 0) is 35.4 Å². The van der Waals surface area contributed by atoms with Crippen LogP contribution in [-0.4, -0.2) is 25.3 Å². The third-order valence-electron chi connectivity index (χ3n) is 3.35. The molecule has 0 saturated carbocycles. The predicted molar refractivity (Wildman–Crippen MR) is 84.6 cm³/mol. The summed E-state index contributed by atoms with van der Waals surface area (Å²) in [6.07, 6.45) is 1.84. The monoisotopic (exact) mass is 279 g/mol. The second kappa shape index (κ2) is 6.37. The molecule has 106 valence electrons. The Kier molecular flexibility index (Phi) is 4.12. The summed E-state index contributed by atoms with van der Waals surface area (Å²) in [7, 11) is 1.67. The van der Waals surface area contributed by atoms with Crippen LogP contribution < -0.4 is 4.74 Å². The lowest BCUT2D eigenvalue weighted by Crippen LogP contribution is -2.04. The normalized spacial score (nSPS) is 10.7. The van der Waals surface area contributed by atoms with Gasteiger partial charge in [-0.1, -0.05) is 30.3 Å². The molecule has 2 aromatic carbocycles. The number of rotatable bonds is 5. The Morgan fingerprint density at radius 1 is 0.952 bits per heavy atom. The molecule has 0 aliphatic heterocycles. The van der Waals surface area contributed by atoms with Crippen LogP contribution in [0.1, 0.15) is 0 Å². The van der Waals surface area contributed by atoms with E-state index in [4.69, 9.17) is 9.47 Å². The molecule has 3 nitrogen and oxygen atoms in total. The van der Waals surface area contributed by atoms with Crippen molar-refractivity contribution in [2.75, 3.05) is 20.3 Å². The molecule has 0 spiro atoms. The van der Waals surface area contributed by atoms with Crippen LogP contribution in [0, 0.1) is 0 Å². The van der Waals surface area contributed by atoms with Gasteiger partial charge in [0, 0.05) is 18.7 Å². The molecule has 3 heteroatoms. The SMILES string of the molecule is COCCOc1cccc(-c2ccnc3ccccc23)c1. The summed E-state index contributed by atoms with van der Waals surface area (Å²) in [4.78, 5) is 4.40. The largest absolute Gasteiger partial charge is 0.491 e. The highest BCUT2D eigenvalue weighted by molar-refractivity contribution is 5.94. The lowest BCUT2D eigenvalue weighted by Gasteiger charge is -2.09. The fourth-order valence-corrected chi connectivity index (χ4v) is 2.34. The minimum atomic E-state index is 0.553. The number of hydrogen-bond acceptors (Lipinski definition) is 3. The number of hydrogen-bond donors (Lipinski definition) is 0. The minimum absolute atomic E-state index is 0.553. The number of nitrogens with zero attached hydrogens (tertiary/aromatic N) is 1. The van der Waals surface area contributed by atoms with Crippen LogP contribution in [0.5, 0.6) is 5.75 Å². The van der Waals surface area contributed by atoms with Gasteiger partial charge in [-0.25, -0.2) is 0 Å². The predicted octanol–water partition coefficient (Wildman–Crippen LogP) is 3.93. The molecule has 0 amide bonds. The summed E-state index contributed by atoms with van der Waals surface area (Å²) in [5.74, 6) is 0.852. The Labute approximate surface area is 124 Å². The summed E-state index contributed by atoms with van der Waals surface area (Å²) in [6, 6.07) is 18.3. The van der Waals surface area contributed by atoms with Crippen molar-refractivity contribution in [1.82, 2.24) is 4.98 Å². The fourth-order valence-electron chi connectivity index (χ4n) is 2.34. The maximum atomic E-state index is 5.68. The molecule has 0 N–H and O–H groups in total. The maximum Gasteiger partial charge on any atom is 0.120 e. The Hall–Kier alpha value is -2.39. The molecule has 0 unspecified atom stereocenters.